The van der Waals surface area contributed by atoms with E-state index in [9.17, 15) is 9.59 Å². The summed E-state index contributed by atoms with van der Waals surface area (Å²) in [6.07, 6.45) is 3.38. The number of hydrogen-bond acceptors (Lipinski definition) is 5. The first-order chi connectivity index (χ1) is 11.6. The largest absolute Gasteiger partial charge is 0.323 e. The molecule has 2 aromatic heterocycles. The summed E-state index contributed by atoms with van der Waals surface area (Å²) >= 11 is 1.14. The highest BCUT2D eigenvalue weighted by Gasteiger charge is 2.08. The van der Waals surface area contributed by atoms with Gasteiger partial charge in [0.15, 0.2) is 5.82 Å². The molecule has 0 fully saturated rings. The fourth-order valence-electron chi connectivity index (χ4n) is 2.24. The van der Waals surface area contributed by atoms with Crippen molar-refractivity contribution in [2.24, 2.45) is 0 Å². The van der Waals surface area contributed by atoms with Crippen LogP contribution in [0.2, 0.25) is 0 Å². The molecule has 0 aliphatic carbocycles. The van der Waals surface area contributed by atoms with Crippen LogP contribution in [0.4, 0.5) is 5.69 Å². The molecule has 6 nitrogen and oxygen atoms in total. The maximum atomic E-state index is 12.0. The fourth-order valence-corrected chi connectivity index (χ4v) is 3.00. The molecular weight excluding hydrogens is 324 g/mol. The van der Waals surface area contributed by atoms with Gasteiger partial charge >= 0.3 is 4.87 Å². The smallest absolute Gasteiger partial charge is 0.307 e. The minimum Gasteiger partial charge on any atom is -0.323 e. The van der Waals surface area contributed by atoms with Crippen molar-refractivity contribution >= 4 is 22.9 Å². The second-order valence-electron chi connectivity index (χ2n) is 5.25. The van der Waals surface area contributed by atoms with E-state index in [0.717, 1.165) is 22.6 Å². The Bertz CT molecular complexity index is 885. The van der Waals surface area contributed by atoms with Gasteiger partial charge < -0.3 is 9.88 Å². The van der Waals surface area contributed by atoms with Crippen LogP contribution in [0.1, 0.15) is 12.1 Å². The van der Waals surface area contributed by atoms with Crippen LogP contribution in [-0.4, -0.2) is 20.4 Å². The van der Waals surface area contributed by atoms with E-state index >= 15 is 0 Å². The molecule has 0 saturated heterocycles. The molecule has 0 unspecified atom stereocenters. The molecule has 0 aliphatic rings. The number of rotatable bonds is 5. The number of aryl methyl sites for hydroxylation is 1. The molecule has 0 spiro atoms. The summed E-state index contributed by atoms with van der Waals surface area (Å²) in [6, 6.07) is 9.62. The maximum absolute atomic E-state index is 12.0. The third-order valence-corrected chi connectivity index (χ3v) is 4.39. The van der Waals surface area contributed by atoms with E-state index in [2.05, 4.69) is 15.3 Å². The van der Waals surface area contributed by atoms with Crippen LogP contribution in [0.5, 0.6) is 0 Å². The Labute approximate surface area is 142 Å². The van der Waals surface area contributed by atoms with Crippen molar-refractivity contribution in [3.63, 3.8) is 0 Å². The number of amides is 1. The standard InChI is InChI=1S/C17H16N4O2S/c1-12-11-24-17(23)21(12)8-7-15(22)20-14-9-18-16(19-10-14)13-5-3-2-4-6-13/h2-6,9-11H,7-8H2,1H3,(H,20,22). The first-order valence-electron chi connectivity index (χ1n) is 7.46. The molecule has 3 rings (SSSR count). The molecule has 24 heavy (non-hydrogen) atoms. The van der Waals surface area contributed by atoms with E-state index in [0.29, 0.717) is 18.1 Å². The summed E-state index contributed by atoms with van der Waals surface area (Å²) in [5.41, 5.74) is 2.32. The van der Waals surface area contributed by atoms with Crippen molar-refractivity contribution in [1.29, 1.82) is 0 Å². The Morgan fingerprint density at radius 2 is 1.92 bits per heavy atom. The lowest BCUT2D eigenvalue weighted by molar-refractivity contribution is -0.116. The van der Waals surface area contributed by atoms with Gasteiger partial charge in [0.2, 0.25) is 5.91 Å². The first-order valence-corrected chi connectivity index (χ1v) is 8.34. The Morgan fingerprint density at radius 3 is 2.54 bits per heavy atom. The number of aromatic nitrogens is 3. The molecule has 0 radical (unpaired) electrons. The summed E-state index contributed by atoms with van der Waals surface area (Å²) < 4.78 is 1.60. The maximum Gasteiger partial charge on any atom is 0.307 e. The second kappa shape index (κ2) is 7.18. The molecular formula is C17H16N4O2S. The molecule has 0 saturated carbocycles. The van der Waals surface area contributed by atoms with Gasteiger partial charge in [-0.3, -0.25) is 9.59 Å². The quantitative estimate of drug-likeness (QED) is 0.775. The molecule has 1 amide bonds. The SMILES string of the molecule is Cc1csc(=O)n1CCC(=O)Nc1cnc(-c2ccccc2)nc1. The van der Waals surface area contributed by atoms with Crippen LogP contribution >= 0.6 is 11.3 Å². The van der Waals surface area contributed by atoms with Crippen molar-refractivity contribution in [2.75, 3.05) is 5.32 Å². The molecule has 3 aromatic rings. The second-order valence-corrected chi connectivity index (χ2v) is 6.07. The van der Waals surface area contributed by atoms with Crippen LogP contribution in [0.15, 0.2) is 52.9 Å². The minimum absolute atomic E-state index is 0.0455. The monoisotopic (exact) mass is 340 g/mol. The summed E-state index contributed by atoms with van der Waals surface area (Å²) in [5, 5.41) is 4.53. The van der Waals surface area contributed by atoms with Gasteiger partial charge in [-0.1, -0.05) is 41.7 Å². The third-order valence-electron chi connectivity index (χ3n) is 3.51. The Morgan fingerprint density at radius 1 is 1.21 bits per heavy atom. The summed E-state index contributed by atoms with van der Waals surface area (Å²) in [6.45, 7) is 2.22. The number of carbonyl (C=O) groups excluding carboxylic acids is 1. The molecule has 1 N–H and O–H groups in total. The van der Waals surface area contributed by atoms with Crippen molar-refractivity contribution in [2.45, 2.75) is 19.9 Å². The zero-order chi connectivity index (χ0) is 16.9. The van der Waals surface area contributed by atoms with Crippen molar-refractivity contribution in [3.8, 4) is 11.4 Å². The number of thiazole rings is 1. The van der Waals surface area contributed by atoms with Gasteiger partial charge in [0.05, 0.1) is 18.1 Å². The highest BCUT2D eigenvalue weighted by molar-refractivity contribution is 7.07. The Balaban J connectivity index is 1.60. The van der Waals surface area contributed by atoms with Gasteiger partial charge in [0.25, 0.3) is 0 Å². The lowest BCUT2D eigenvalue weighted by atomic mass is 10.2. The third kappa shape index (κ3) is 3.75. The molecule has 0 atom stereocenters. The van der Waals surface area contributed by atoms with Gasteiger partial charge in [0, 0.05) is 29.6 Å². The van der Waals surface area contributed by atoms with Gasteiger partial charge in [-0.15, -0.1) is 0 Å². The predicted octanol–water partition coefficient (Wildman–Crippen LogP) is 2.70. The summed E-state index contributed by atoms with van der Waals surface area (Å²) in [5.74, 6) is 0.428. The van der Waals surface area contributed by atoms with Crippen molar-refractivity contribution in [1.82, 2.24) is 14.5 Å². The number of nitrogens with zero attached hydrogens (tertiary/aromatic N) is 3. The van der Waals surface area contributed by atoms with E-state index in [-0.39, 0.29) is 17.2 Å². The number of anilines is 1. The number of benzene rings is 1. The van der Waals surface area contributed by atoms with Crippen molar-refractivity contribution < 1.29 is 4.79 Å². The van der Waals surface area contributed by atoms with Crippen LogP contribution in [-0.2, 0) is 11.3 Å². The highest BCUT2D eigenvalue weighted by Crippen LogP contribution is 2.14. The average molecular weight is 340 g/mol. The number of nitrogens with one attached hydrogen (secondary N) is 1. The van der Waals surface area contributed by atoms with Gasteiger partial charge in [0.1, 0.15) is 0 Å². The molecule has 0 bridgehead atoms. The zero-order valence-corrected chi connectivity index (χ0v) is 13.9. The predicted molar refractivity (Wildman–Crippen MR) is 94.0 cm³/mol. The summed E-state index contributed by atoms with van der Waals surface area (Å²) in [7, 11) is 0. The van der Waals surface area contributed by atoms with E-state index in [4.69, 9.17) is 0 Å². The van der Waals surface area contributed by atoms with Crippen LogP contribution in [0.25, 0.3) is 11.4 Å². The van der Waals surface area contributed by atoms with Gasteiger partial charge in [-0.05, 0) is 6.92 Å². The summed E-state index contributed by atoms with van der Waals surface area (Å²) in [4.78, 5) is 32.1. The Kier molecular flexibility index (Phi) is 4.81. The normalized spacial score (nSPS) is 10.5. The molecule has 0 aliphatic heterocycles. The molecule has 122 valence electrons. The van der Waals surface area contributed by atoms with Gasteiger partial charge in [-0.25, -0.2) is 9.97 Å². The fraction of sp³-hybridized carbons (Fsp3) is 0.176. The van der Waals surface area contributed by atoms with E-state index in [1.807, 2.05) is 37.3 Å². The Hall–Kier alpha value is -2.80. The first kappa shape index (κ1) is 16.1. The van der Waals surface area contributed by atoms with E-state index in [1.165, 1.54) is 0 Å². The van der Waals surface area contributed by atoms with E-state index in [1.54, 1.807) is 22.3 Å². The minimum atomic E-state index is -0.177. The van der Waals surface area contributed by atoms with E-state index < -0.39 is 0 Å². The average Bonchev–Trinajstić information content (AvgIpc) is 2.93. The lowest BCUT2D eigenvalue weighted by Gasteiger charge is -2.07. The van der Waals surface area contributed by atoms with Crippen LogP contribution in [0.3, 0.4) is 0 Å². The zero-order valence-electron chi connectivity index (χ0n) is 13.1. The van der Waals surface area contributed by atoms with Crippen LogP contribution < -0.4 is 10.2 Å². The van der Waals surface area contributed by atoms with Crippen molar-refractivity contribution in [3.05, 3.63) is 63.5 Å². The van der Waals surface area contributed by atoms with Gasteiger partial charge in [-0.2, -0.15) is 0 Å². The number of carbonyl (C=O) groups is 1. The lowest BCUT2D eigenvalue weighted by Crippen LogP contribution is -2.20. The highest BCUT2D eigenvalue weighted by atomic mass is 32.1. The molecule has 7 heteroatoms. The number of hydrogen-bond donors (Lipinski definition) is 1. The molecule has 2 heterocycles. The van der Waals surface area contributed by atoms with Crippen LogP contribution in [0, 0.1) is 6.92 Å². The molecule has 1 aromatic carbocycles. The topological polar surface area (TPSA) is 76.9 Å².